The Morgan fingerprint density at radius 1 is 0.927 bits per heavy atom. The second kappa shape index (κ2) is 14.8. The van der Waals surface area contributed by atoms with Crippen molar-refractivity contribution in [1.29, 1.82) is 0 Å². The van der Waals surface area contributed by atoms with Crippen molar-refractivity contribution in [2.24, 2.45) is 0 Å². The van der Waals surface area contributed by atoms with Gasteiger partial charge in [-0.25, -0.2) is 8.42 Å². The summed E-state index contributed by atoms with van der Waals surface area (Å²) in [6.45, 7) is 5.45. The van der Waals surface area contributed by atoms with Crippen LogP contribution >= 0.6 is 34.8 Å². The number of amides is 2. The minimum Gasteiger partial charge on any atom is -0.494 e. The summed E-state index contributed by atoms with van der Waals surface area (Å²) in [5, 5.41) is 3.78. The maximum atomic E-state index is 14.0. The third-order valence-corrected chi connectivity index (χ3v) is 8.97. The summed E-state index contributed by atoms with van der Waals surface area (Å²) in [6, 6.07) is 16.0. The van der Waals surface area contributed by atoms with Gasteiger partial charge in [0, 0.05) is 33.7 Å². The Morgan fingerprint density at radius 2 is 1.54 bits per heavy atom. The van der Waals surface area contributed by atoms with Gasteiger partial charge in [-0.3, -0.25) is 13.9 Å². The highest BCUT2D eigenvalue weighted by Crippen LogP contribution is 2.29. The number of benzene rings is 3. The zero-order valence-corrected chi connectivity index (χ0v) is 26.0. The van der Waals surface area contributed by atoms with Gasteiger partial charge in [0.25, 0.3) is 10.0 Å². The third-order valence-electron chi connectivity index (χ3n) is 6.22. The highest BCUT2D eigenvalue weighted by molar-refractivity contribution is 7.92. The van der Waals surface area contributed by atoms with Crippen LogP contribution in [0.4, 0.5) is 5.69 Å². The number of ether oxygens (including phenoxy) is 1. The lowest BCUT2D eigenvalue weighted by Crippen LogP contribution is -2.51. The minimum atomic E-state index is -4.24. The second-order valence-corrected chi connectivity index (χ2v) is 12.2. The molecule has 0 aliphatic heterocycles. The Balaban J connectivity index is 2.06. The van der Waals surface area contributed by atoms with Gasteiger partial charge in [-0.2, -0.15) is 0 Å². The fourth-order valence-electron chi connectivity index (χ4n) is 3.97. The monoisotopic (exact) mass is 639 g/mol. The van der Waals surface area contributed by atoms with Crippen LogP contribution in [0.25, 0.3) is 0 Å². The Labute approximate surface area is 256 Å². The van der Waals surface area contributed by atoms with E-state index in [1.807, 2.05) is 13.8 Å². The number of rotatable bonds is 13. The molecule has 3 aromatic rings. The van der Waals surface area contributed by atoms with Crippen molar-refractivity contribution in [2.45, 2.75) is 44.7 Å². The van der Waals surface area contributed by atoms with Crippen LogP contribution in [-0.2, 0) is 26.2 Å². The van der Waals surface area contributed by atoms with E-state index in [4.69, 9.17) is 39.5 Å². The lowest BCUT2D eigenvalue weighted by Gasteiger charge is -2.32. The van der Waals surface area contributed by atoms with Gasteiger partial charge in [-0.05, 0) is 80.9 Å². The number of nitrogens with one attached hydrogen (secondary N) is 1. The van der Waals surface area contributed by atoms with Crippen LogP contribution in [-0.4, -0.2) is 50.9 Å². The fourth-order valence-corrected chi connectivity index (χ4v) is 6.03. The number of hydrogen-bond acceptors (Lipinski definition) is 5. The second-order valence-electron chi connectivity index (χ2n) is 9.08. The molecular weight excluding hydrogens is 609 g/mol. The van der Waals surface area contributed by atoms with Gasteiger partial charge < -0.3 is 15.0 Å². The van der Waals surface area contributed by atoms with Crippen LogP contribution in [0.15, 0.2) is 71.6 Å². The Kier molecular flexibility index (Phi) is 11.7. The molecule has 3 aromatic carbocycles. The van der Waals surface area contributed by atoms with E-state index in [0.29, 0.717) is 46.0 Å². The normalized spacial score (nSPS) is 12.0. The summed E-state index contributed by atoms with van der Waals surface area (Å²) in [6.07, 6.45) is 0.702. The van der Waals surface area contributed by atoms with Crippen molar-refractivity contribution >= 4 is 62.3 Å². The van der Waals surface area contributed by atoms with E-state index in [-0.39, 0.29) is 17.1 Å². The first-order valence-corrected chi connectivity index (χ1v) is 15.6. The molecule has 0 heterocycles. The van der Waals surface area contributed by atoms with Crippen molar-refractivity contribution in [3.05, 3.63) is 87.4 Å². The molecule has 0 aromatic heterocycles. The molecule has 0 radical (unpaired) electrons. The van der Waals surface area contributed by atoms with Gasteiger partial charge in [0.1, 0.15) is 18.3 Å². The van der Waals surface area contributed by atoms with Crippen molar-refractivity contribution < 1.29 is 22.7 Å². The molecule has 0 saturated carbocycles. The highest BCUT2D eigenvalue weighted by atomic mass is 35.5. The fraction of sp³-hybridized carbons (Fsp3) is 0.310. The van der Waals surface area contributed by atoms with Crippen LogP contribution in [0.1, 0.15) is 32.8 Å². The first-order chi connectivity index (χ1) is 19.5. The molecule has 12 heteroatoms. The van der Waals surface area contributed by atoms with Crippen molar-refractivity contribution in [2.75, 3.05) is 24.0 Å². The van der Waals surface area contributed by atoms with E-state index in [1.54, 1.807) is 49.4 Å². The van der Waals surface area contributed by atoms with E-state index >= 15 is 0 Å². The average Bonchev–Trinajstić information content (AvgIpc) is 2.95. The summed E-state index contributed by atoms with van der Waals surface area (Å²) < 4.78 is 34.3. The molecule has 3 rings (SSSR count). The first kappa shape index (κ1) is 32.5. The lowest BCUT2D eigenvalue weighted by molar-refractivity contribution is -0.139. The number of carbonyl (C=O) groups excluding carboxylic acids is 2. The van der Waals surface area contributed by atoms with Crippen LogP contribution in [0.2, 0.25) is 15.1 Å². The molecule has 2 amide bonds. The number of nitrogens with zero attached hydrogens (tertiary/aromatic N) is 2. The largest absolute Gasteiger partial charge is 0.494 e. The highest BCUT2D eigenvalue weighted by Gasteiger charge is 2.33. The van der Waals surface area contributed by atoms with E-state index < -0.39 is 34.4 Å². The minimum absolute atomic E-state index is 0.0574. The van der Waals surface area contributed by atoms with Crippen molar-refractivity contribution in [3.8, 4) is 5.75 Å². The summed E-state index contributed by atoms with van der Waals surface area (Å²) in [7, 11) is -4.24. The first-order valence-electron chi connectivity index (χ1n) is 13.0. The van der Waals surface area contributed by atoms with Gasteiger partial charge in [0.15, 0.2) is 0 Å². The van der Waals surface area contributed by atoms with E-state index in [0.717, 1.165) is 4.31 Å². The van der Waals surface area contributed by atoms with Gasteiger partial charge in [-0.1, -0.05) is 47.8 Å². The quantitative estimate of drug-likeness (QED) is 0.241. The summed E-state index contributed by atoms with van der Waals surface area (Å²) in [4.78, 5) is 28.2. The molecule has 220 valence electrons. The molecular formula is C29H32Cl3N3O5S. The lowest BCUT2D eigenvalue weighted by atomic mass is 10.1. The van der Waals surface area contributed by atoms with Crippen LogP contribution in [0.5, 0.6) is 5.75 Å². The van der Waals surface area contributed by atoms with E-state index in [9.17, 15) is 18.0 Å². The van der Waals surface area contributed by atoms with Crippen molar-refractivity contribution in [1.82, 2.24) is 10.2 Å². The Hall–Kier alpha value is -2.98. The molecule has 41 heavy (non-hydrogen) atoms. The van der Waals surface area contributed by atoms with Crippen LogP contribution in [0.3, 0.4) is 0 Å². The van der Waals surface area contributed by atoms with Gasteiger partial charge >= 0.3 is 0 Å². The maximum absolute atomic E-state index is 14.0. The molecule has 1 atom stereocenters. The molecule has 0 saturated heterocycles. The predicted octanol–water partition coefficient (Wildman–Crippen LogP) is 6.18. The number of anilines is 1. The molecule has 0 bridgehead atoms. The summed E-state index contributed by atoms with van der Waals surface area (Å²) in [5.74, 6) is -0.481. The molecule has 0 unspecified atom stereocenters. The maximum Gasteiger partial charge on any atom is 0.264 e. The zero-order valence-electron chi connectivity index (χ0n) is 22.9. The van der Waals surface area contributed by atoms with Crippen molar-refractivity contribution in [3.63, 3.8) is 0 Å². The topological polar surface area (TPSA) is 96.0 Å². The Morgan fingerprint density at radius 3 is 2.10 bits per heavy atom. The molecule has 8 nitrogen and oxygen atoms in total. The number of sulfonamides is 1. The smallest absolute Gasteiger partial charge is 0.264 e. The summed E-state index contributed by atoms with van der Waals surface area (Å²) in [5.41, 5.74) is 0.670. The standard InChI is InChI=1S/C29H32Cl3N3O5S/c1-4-17-33-29(37)20(3)34(18-25-26(31)7-6-8-27(25)32)28(36)19-35(22-11-13-23(14-12-22)40-5-2)41(38,39)24-15-9-21(30)10-16-24/h6-16,20H,4-5,17-19H2,1-3H3,(H,33,37)/t20-/m1/s1. The van der Waals surface area contributed by atoms with E-state index in [2.05, 4.69) is 5.32 Å². The van der Waals surface area contributed by atoms with Gasteiger partial charge in [0.2, 0.25) is 11.8 Å². The Bertz CT molecular complexity index is 1430. The molecule has 0 aliphatic rings. The SMILES string of the molecule is CCCNC(=O)[C@@H](C)N(Cc1c(Cl)cccc1Cl)C(=O)CN(c1ccc(OCC)cc1)S(=O)(=O)c1ccc(Cl)cc1. The molecule has 0 fully saturated rings. The molecule has 1 N–H and O–H groups in total. The van der Waals surface area contributed by atoms with E-state index in [1.165, 1.54) is 29.2 Å². The summed E-state index contributed by atoms with van der Waals surface area (Å²) >= 11 is 18.8. The third kappa shape index (κ3) is 8.29. The van der Waals surface area contributed by atoms with Gasteiger partial charge in [-0.15, -0.1) is 0 Å². The number of halogens is 3. The zero-order chi connectivity index (χ0) is 30.2. The van der Waals surface area contributed by atoms with Crippen LogP contribution < -0.4 is 14.4 Å². The number of carbonyl (C=O) groups is 2. The molecule has 0 aliphatic carbocycles. The number of hydrogen-bond donors (Lipinski definition) is 1. The van der Waals surface area contributed by atoms with Gasteiger partial charge in [0.05, 0.1) is 17.2 Å². The average molecular weight is 641 g/mol. The molecule has 0 spiro atoms. The van der Waals surface area contributed by atoms with Crippen LogP contribution in [0, 0.1) is 0 Å². The predicted molar refractivity (Wildman–Crippen MR) is 163 cm³/mol.